The molecule has 0 fully saturated rings. The lowest BCUT2D eigenvalue weighted by atomic mass is 10.1. The quantitative estimate of drug-likeness (QED) is 0.321. The van der Waals surface area contributed by atoms with E-state index in [-0.39, 0.29) is 29.7 Å². The Balaban J connectivity index is 0.00000392. The van der Waals surface area contributed by atoms with Gasteiger partial charge in [0.2, 0.25) is 0 Å². The van der Waals surface area contributed by atoms with Crippen molar-refractivity contribution in [1.29, 1.82) is 0 Å². The Morgan fingerprint density at radius 2 is 2.00 bits per heavy atom. The lowest BCUT2D eigenvalue weighted by molar-refractivity contribution is -0.153. The van der Waals surface area contributed by atoms with Gasteiger partial charge in [-0.05, 0) is 25.5 Å². The minimum absolute atomic E-state index is 0. The summed E-state index contributed by atoms with van der Waals surface area (Å²) < 4.78 is 42.3. The first-order valence-electron chi connectivity index (χ1n) is 8.42. The van der Waals surface area contributed by atoms with Crippen LogP contribution in [0.15, 0.2) is 29.4 Å². The second kappa shape index (κ2) is 11.4. The molecule has 2 rings (SSSR count). The summed E-state index contributed by atoms with van der Waals surface area (Å²) in [5.41, 5.74) is 1.46. The summed E-state index contributed by atoms with van der Waals surface area (Å²) in [5.74, 6) is 0.777. The molecule has 0 unspecified atom stereocenters. The number of thiazole rings is 1. The van der Waals surface area contributed by atoms with Crippen LogP contribution in [0.1, 0.15) is 21.0 Å². The van der Waals surface area contributed by atoms with E-state index in [1.54, 1.807) is 37.4 Å². The fourth-order valence-electron chi connectivity index (χ4n) is 2.31. The highest BCUT2D eigenvalue weighted by Crippen LogP contribution is 2.23. The van der Waals surface area contributed by atoms with E-state index in [4.69, 9.17) is 4.74 Å². The van der Waals surface area contributed by atoms with Crippen LogP contribution in [0.3, 0.4) is 0 Å². The molecule has 2 N–H and O–H groups in total. The van der Waals surface area contributed by atoms with Gasteiger partial charge < -0.3 is 15.4 Å². The number of aryl methyl sites for hydroxylation is 2. The predicted octanol–water partition coefficient (Wildman–Crippen LogP) is 4.23. The highest BCUT2D eigenvalue weighted by atomic mass is 127. The molecule has 0 aliphatic rings. The van der Waals surface area contributed by atoms with Gasteiger partial charge in [0.15, 0.2) is 12.6 Å². The van der Waals surface area contributed by atoms with Gasteiger partial charge in [-0.25, -0.2) is 4.98 Å². The zero-order chi connectivity index (χ0) is 19.9. The fourth-order valence-corrected chi connectivity index (χ4v) is 3.09. The van der Waals surface area contributed by atoms with Crippen molar-refractivity contribution in [2.75, 3.05) is 20.2 Å². The number of aromatic nitrogens is 1. The van der Waals surface area contributed by atoms with Crippen molar-refractivity contribution < 1.29 is 17.9 Å². The molecule has 28 heavy (non-hydrogen) atoms. The van der Waals surface area contributed by atoms with Gasteiger partial charge in [-0.3, -0.25) is 4.99 Å². The van der Waals surface area contributed by atoms with Crippen LogP contribution in [-0.2, 0) is 13.0 Å². The van der Waals surface area contributed by atoms with Gasteiger partial charge in [0, 0.05) is 43.2 Å². The van der Waals surface area contributed by atoms with E-state index in [1.165, 1.54) is 4.88 Å². The van der Waals surface area contributed by atoms with E-state index >= 15 is 0 Å². The topological polar surface area (TPSA) is 58.5 Å². The van der Waals surface area contributed by atoms with Crippen molar-refractivity contribution in [1.82, 2.24) is 15.6 Å². The van der Waals surface area contributed by atoms with E-state index < -0.39 is 12.8 Å². The van der Waals surface area contributed by atoms with Gasteiger partial charge >= 0.3 is 6.18 Å². The van der Waals surface area contributed by atoms with E-state index in [0.29, 0.717) is 24.6 Å². The summed E-state index contributed by atoms with van der Waals surface area (Å²) in [4.78, 5) is 9.60. The van der Waals surface area contributed by atoms with Crippen LogP contribution in [0.5, 0.6) is 5.75 Å². The van der Waals surface area contributed by atoms with Crippen LogP contribution < -0.4 is 15.4 Å². The molecule has 5 nitrogen and oxygen atoms in total. The molecule has 0 aliphatic heterocycles. The highest BCUT2D eigenvalue weighted by Gasteiger charge is 2.28. The number of nitrogens with one attached hydrogen (secondary N) is 2. The monoisotopic (exact) mass is 528 g/mol. The van der Waals surface area contributed by atoms with E-state index in [1.807, 2.05) is 19.2 Å². The lowest BCUT2D eigenvalue weighted by Gasteiger charge is -2.16. The Morgan fingerprint density at radius 3 is 2.61 bits per heavy atom. The van der Waals surface area contributed by atoms with Crippen LogP contribution in [0.2, 0.25) is 0 Å². The molecule has 0 saturated carbocycles. The fraction of sp³-hybridized carbons (Fsp3) is 0.444. The number of alkyl halides is 3. The minimum atomic E-state index is -4.37. The summed E-state index contributed by atoms with van der Waals surface area (Å²) >= 11 is 1.65. The number of guanidine groups is 1. The molecule has 0 bridgehead atoms. The summed E-state index contributed by atoms with van der Waals surface area (Å²) in [6.07, 6.45) is -1.77. The van der Waals surface area contributed by atoms with Crippen LogP contribution in [0.4, 0.5) is 13.2 Å². The minimum Gasteiger partial charge on any atom is -0.484 e. The van der Waals surface area contributed by atoms with Gasteiger partial charge in [-0.15, -0.1) is 35.3 Å². The Bertz CT molecular complexity index is 780. The van der Waals surface area contributed by atoms with Crippen molar-refractivity contribution in [2.24, 2.45) is 4.99 Å². The van der Waals surface area contributed by atoms with Gasteiger partial charge in [-0.2, -0.15) is 13.2 Å². The van der Waals surface area contributed by atoms with Gasteiger partial charge in [0.1, 0.15) is 5.75 Å². The van der Waals surface area contributed by atoms with E-state index in [2.05, 4.69) is 20.6 Å². The van der Waals surface area contributed by atoms with E-state index in [9.17, 15) is 13.2 Å². The zero-order valence-electron chi connectivity index (χ0n) is 15.9. The molecule has 1 aromatic carbocycles. The predicted molar refractivity (Wildman–Crippen MR) is 117 cm³/mol. The molecular weight excluding hydrogens is 504 g/mol. The van der Waals surface area contributed by atoms with Crippen molar-refractivity contribution >= 4 is 41.3 Å². The Morgan fingerprint density at radius 1 is 1.25 bits per heavy atom. The molecule has 1 aromatic heterocycles. The van der Waals surface area contributed by atoms with Gasteiger partial charge in [0.05, 0.1) is 5.01 Å². The average Bonchev–Trinajstić information content (AvgIpc) is 3.01. The molecule has 0 spiro atoms. The Hall–Kier alpha value is -1.56. The summed E-state index contributed by atoms with van der Waals surface area (Å²) in [6.45, 7) is 3.44. The number of aliphatic imine (C=N–C) groups is 1. The van der Waals surface area contributed by atoms with Crippen LogP contribution >= 0.6 is 35.3 Å². The molecule has 0 aliphatic carbocycles. The molecule has 0 radical (unpaired) electrons. The van der Waals surface area contributed by atoms with Crippen molar-refractivity contribution in [3.8, 4) is 5.75 Å². The third-order valence-corrected chi connectivity index (χ3v) is 4.56. The second-order valence-corrected chi connectivity index (χ2v) is 7.30. The summed E-state index contributed by atoms with van der Waals surface area (Å²) in [5, 5.41) is 7.30. The molecule has 1 heterocycles. The van der Waals surface area contributed by atoms with Gasteiger partial charge in [-0.1, -0.05) is 12.1 Å². The van der Waals surface area contributed by atoms with Crippen LogP contribution in [0, 0.1) is 13.8 Å². The number of ether oxygens (including phenoxy) is 1. The SMILES string of the molecule is CN=C(NCCc1ncc(C)s1)NCc1ccc(C)cc1OCC(F)(F)F.I. The first kappa shape index (κ1) is 24.5. The first-order valence-corrected chi connectivity index (χ1v) is 9.23. The molecule has 10 heteroatoms. The normalized spacial score (nSPS) is 11.7. The number of halogens is 4. The molecule has 0 atom stereocenters. The maximum atomic E-state index is 12.4. The lowest BCUT2D eigenvalue weighted by Crippen LogP contribution is -2.38. The Labute approximate surface area is 183 Å². The second-order valence-electron chi connectivity index (χ2n) is 5.98. The third kappa shape index (κ3) is 8.63. The van der Waals surface area contributed by atoms with Gasteiger partial charge in [0.25, 0.3) is 0 Å². The molecular formula is C18H24F3IN4OS. The maximum Gasteiger partial charge on any atom is 0.422 e. The molecule has 0 amide bonds. The molecule has 0 saturated heterocycles. The maximum absolute atomic E-state index is 12.4. The number of rotatable bonds is 7. The van der Waals surface area contributed by atoms with E-state index in [0.717, 1.165) is 17.0 Å². The summed E-state index contributed by atoms with van der Waals surface area (Å²) in [7, 11) is 1.64. The average molecular weight is 528 g/mol. The van der Waals surface area contributed by atoms with Crippen molar-refractivity contribution in [3.05, 3.63) is 45.4 Å². The molecule has 156 valence electrons. The Kier molecular flexibility index (Phi) is 10.0. The van der Waals surface area contributed by atoms with Crippen molar-refractivity contribution in [2.45, 2.75) is 33.0 Å². The number of hydrogen-bond donors (Lipinski definition) is 2. The number of benzene rings is 1. The third-order valence-electron chi connectivity index (χ3n) is 3.58. The zero-order valence-corrected chi connectivity index (χ0v) is 19.0. The van der Waals surface area contributed by atoms with Crippen LogP contribution in [0.25, 0.3) is 0 Å². The standard InChI is InChI=1S/C18H23F3N4OS.HI/c1-12-4-5-14(15(8-12)26-11-18(19,20)21)10-25-17(22-3)23-7-6-16-24-9-13(2)27-16;/h4-5,8-9H,6-7,10-11H2,1-3H3,(H2,22,23,25);1H. The summed E-state index contributed by atoms with van der Waals surface area (Å²) in [6, 6.07) is 5.18. The number of hydrogen-bond acceptors (Lipinski definition) is 4. The molecule has 2 aromatic rings. The van der Waals surface area contributed by atoms with Crippen LogP contribution in [-0.4, -0.2) is 37.3 Å². The van der Waals surface area contributed by atoms with Crippen molar-refractivity contribution in [3.63, 3.8) is 0 Å². The largest absolute Gasteiger partial charge is 0.484 e. The smallest absolute Gasteiger partial charge is 0.422 e. The first-order chi connectivity index (χ1) is 12.8. The highest BCUT2D eigenvalue weighted by molar-refractivity contribution is 14.0. The number of nitrogens with zero attached hydrogens (tertiary/aromatic N) is 2.